The second-order valence-electron chi connectivity index (χ2n) is 6.01. The summed E-state index contributed by atoms with van der Waals surface area (Å²) in [5, 5.41) is 6.64. The lowest BCUT2D eigenvalue weighted by Gasteiger charge is -2.26. The summed E-state index contributed by atoms with van der Waals surface area (Å²) >= 11 is 0. The molecule has 0 radical (unpaired) electrons. The SMILES string of the molecule is C.CC1CCC(C)CC1.CC1CNC(C)NC1.O. The Hall–Kier alpha value is -0.120. The van der Waals surface area contributed by atoms with Crippen LogP contribution in [0.5, 0.6) is 0 Å². The maximum Gasteiger partial charge on any atom is 0.0542 e. The topological polar surface area (TPSA) is 55.6 Å². The van der Waals surface area contributed by atoms with E-state index in [1.807, 2.05) is 0 Å². The van der Waals surface area contributed by atoms with Crippen LogP contribution in [0.25, 0.3) is 0 Å². The number of hydrogen-bond donors (Lipinski definition) is 2. The first kappa shape index (κ1) is 20.2. The third-order valence-electron chi connectivity index (χ3n) is 3.85. The molecule has 0 atom stereocenters. The van der Waals surface area contributed by atoms with Crippen molar-refractivity contribution in [3.05, 3.63) is 0 Å². The molecule has 112 valence electrons. The van der Waals surface area contributed by atoms with E-state index < -0.39 is 0 Å². The van der Waals surface area contributed by atoms with Crippen LogP contribution in [0.4, 0.5) is 0 Å². The summed E-state index contributed by atoms with van der Waals surface area (Å²) in [4.78, 5) is 0. The molecule has 3 nitrogen and oxygen atoms in total. The fraction of sp³-hybridized carbons (Fsp3) is 1.00. The Morgan fingerprint density at radius 3 is 1.28 bits per heavy atom. The fourth-order valence-electron chi connectivity index (χ4n) is 2.33. The van der Waals surface area contributed by atoms with E-state index in [1.165, 1.54) is 25.7 Å². The van der Waals surface area contributed by atoms with Crippen LogP contribution in [0, 0.1) is 17.8 Å². The van der Waals surface area contributed by atoms with Gasteiger partial charge in [-0.3, -0.25) is 0 Å². The number of hydrogen-bond acceptors (Lipinski definition) is 2. The molecule has 4 N–H and O–H groups in total. The quantitative estimate of drug-likeness (QED) is 0.703. The molecule has 0 bridgehead atoms. The van der Waals surface area contributed by atoms with Crippen LogP contribution >= 0.6 is 0 Å². The highest BCUT2D eigenvalue weighted by molar-refractivity contribution is 4.70. The molecule has 1 aliphatic heterocycles. The average Bonchev–Trinajstić information content (AvgIpc) is 2.28. The molecule has 2 aliphatic rings. The Labute approximate surface area is 114 Å². The van der Waals surface area contributed by atoms with Crippen molar-refractivity contribution in [2.45, 2.75) is 67.0 Å². The number of nitrogens with one attached hydrogen (secondary N) is 2. The van der Waals surface area contributed by atoms with Crippen molar-refractivity contribution in [3.63, 3.8) is 0 Å². The molecule has 0 unspecified atom stereocenters. The Kier molecular flexibility index (Phi) is 12.1. The van der Waals surface area contributed by atoms with Crippen LogP contribution in [0.3, 0.4) is 0 Å². The normalized spacial score (nSPS) is 35.3. The smallest absolute Gasteiger partial charge is 0.0542 e. The molecule has 0 aromatic carbocycles. The molecule has 2 fully saturated rings. The van der Waals surface area contributed by atoms with Crippen LogP contribution in [-0.4, -0.2) is 24.7 Å². The molecule has 2 rings (SSSR count). The minimum Gasteiger partial charge on any atom is -0.412 e. The first-order valence-electron chi connectivity index (χ1n) is 7.04. The van der Waals surface area contributed by atoms with Crippen molar-refractivity contribution in [2.75, 3.05) is 13.1 Å². The van der Waals surface area contributed by atoms with Crippen molar-refractivity contribution in [1.29, 1.82) is 0 Å². The van der Waals surface area contributed by atoms with Gasteiger partial charge < -0.3 is 16.1 Å². The molecule has 1 saturated carbocycles. The van der Waals surface area contributed by atoms with Gasteiger partial charge in [0.25, 0.3) is 0 Å². The standard InChI is InChI=1S/C8H16.C6H14N2.CH4.H2O/c1-7-3-5-8(2)6-4-7;1-5-3-7-6(2)8-4-5;;/h7-8H,3-6H2,1-2H3;5-8H,3-4H2,1-2H3;1H4;1H2. The molecule has 3 heteroatoms. The molecule has 1 heterocycles. The van der Waals surface area contributed by atoms with E-state index in [9.17, 15) is 0 Å². The van der Waals surface area contributed by atoms with Crippen molar-refractivity contribution in [2.24, 2.45) is 17.8 Å². The Morgan fingerprint density at radius 1 is 0.667 bits per heavy atom. The first-order chi connectivity index (χ1) is 7.58. The predicted octanol–water partition coefficient (Wildman–Crippen LogP) is 2.81. The second-order valence-corrected chi connectivity index (χ2v) is 6.01. The van der Waals surface area contributed by atoms with E-state index in [-0.39, 0.29) is 12.9 Å². The average molecular weight is 260 g/mol. The minimum atomic E-state index is 0. The molecular weight excluding hydrogens is 224 g/mol. The van der Waals surface area contributed by atoms with Crippen molar-refractivity contribution in [3.8, 4) is 0 Å². The summed E-state index contributed by atoms with van der Waals surface area (Å²) in [7, 11) is 0. The van der Waals surface area contributed by atoms with Crippen LogP contribution in [0.15, 0.2) is 0 Å². The molecule has 1 saturated heterocycles. The van der Waals surface area contributed by atoms with Gasteiger partial charge in [0.05, 0.1) is 6.17 Å². The summed E-state index contributed by atoms with van der Waals surface area (Å²) < 4.78 is 0. The van der Waals surface area contributed by atoms with Crippen LogP contribution in [0.2, 0.25) is 0 Å². The van der Waals surface area contributed by atoms with E-state index >= 15 is 0 Å². The van der Waals surface area contributed by atoms with E-state index in [2.05, 4.69) is 38.3 Å². The fourth-order valence-corrected chi connectivity index (χ4v) is 2.33. The van der Waals surface area contributed by atoms with E-state index in [0.717, 1.165) is 30.8 Å². The monoisotopic (exact) mass is 260 g/mol. The third kappa shape index (κ3) is 8.90. The lowest BCUT2D eigenvalue weighted by atomic mass is 9.84. The zero-order chi connectivity index (χ0) is 12.0. The summed E-state index contributed by atoms with van der Waals surface area (Å²) in [6.07, 6.45) is 6.41. The predicted molar refractivity (Wildman–Crippen MR) is 81.8 cm³/mol. The highest BCUT2D eigenvalue weighted by Gasteiger charge is 2.13. The van der Waals surface area contributed by atoms with Gasteiger partial charge in [-0.05, 0) is 24.7 Å². The lowest BCUT2D eigenvalue weighted by Crippen LogP contribution is -2.50. The summed E-state index contributed by atoms with van der Waals surface area (Å²) in [6.45, 7) is 11.4. The van der Waals surface area contributed by atoms with Gasteiger partial charge in [-0.25, -0.2) is 0 Å². The lowest BCUT2D eigenvalue weighted by molar-refractivity contribution is 0.308. The van der Waals surface area contributed by atoms with Crippen molar-refractivity contribution in [1.82, 2.24) is 10.6 Å². The maximum atomic E-state index is 3.32. The highest BCUT2D eigenvalue weighted by atomic mass is 16.0. The molecule has 0 aromatic rings. The highest BCUT2D eigenvalue weighted by Crippen LogP contribution is 2.27. The van der Waals surface area contributed by atoms with Crippen LogP contribution < -0.4 is 10.6 Å². The second kappa shape index (κ2) is 10.8. The van der Waals surface area contributed by atoms with Gasteiger partial charge in [0.1, 0.15) is 0 Å². The first-order valence-corrected chi connectivity index (χ1v) is 7.04. The Bertz CT molecular complexity index is 131. The maximum absolute atomic E-state index is 3.32. The molecule has 0 amide bonds. The van der Waals surface area contributed by atoms with Gasteiger partial charge in [-0.2, -0.15) is 0 Å². The van der Waals surface area contributed by atoms with Crippen LogP contribution in [0.1, 0.15) is 60.8 Å². The van der Waals surface area contributed by atoms with Gasteiger partial charge in [0.2, 0.25) is 0 Å². The zero-order valence-electron chi connectivity index (χ0n) is 12.1. The van der Waals surface area contributed by atoms with Gasteiger partial charge in [0, 0.05) is 13.1 Å². The van der Waals surface area contributed by atoms with Gasteiger partial charge in [-0.1, -0.05) is 53.9 Å². The van der Waals surface area contributed by atoms with Crippen molar-refractivity contribution < 1.29 is 5.48 Å². The third-order valence-corrected chi connectivity index (χ3v) is 3.85. The molecule has 0 spiro atoms. The van der Waals surface area contributed by atoms with E-state index in [4.69, 9.17) is 0 Å². The largest absolute Gasteiger partial charge is 0.412 e. The molecule has 1 aliphatic carbocycles. The molecule has 18 heavy (non-hydrogen) atoms. The Balaban J connectivity index is 0. The van der Waals surface area contributed by atoms with E-state index in [0.29, 0.717) is 6.17 Å². The van der Waals surface area contributed by atoms with E-state index in [1.54, 1.807) is 0 Å². The minimum absolute atomic E-state index is 0. The summed E-state index contributed by atoms with van der Waals surface area (Å²) in [5.74, 6) is 2.84. The Morgan fingerprint density at radius 2 is 1.00 bits per heavy atom. The van der Waals surface area contributed by atoms with Gasteiger partial charge in [-0.15, -0.1) is 0 Å². The zero-order valence-corrected chi connectivity index (χ0v) is 12.1. The summed E-state index contributed by atoms with van der Waals surface area (Å²) in [6, 6.07) is 0. The number of rotatable bonds is 0. The molecular formula is C15H36N2O. The van der Waals surface area contributed by atoms with Crippen molar-refractivity contribution >= 4 is 0 Å². The van der Waals surface area contributed by atoms with Gasteiger partial charge in [0.15, 0.2) is 0 Å². The summed E-state index contributed by atoms with van der Waals surface area (Å²) in [5.41, 5.74) is 0. The molecule has 0 aromatic heterocycles. The van der Waals surface area contributed by atoms with Crippen LogP contribution in [-0.2, 0) is 0 Å². The van der Waals surface area contributed by atoms with Gasteiger partial charge >= 0.3 is 0 Å².